The topological polar surface area (TPSA) is 36.0 Å². The molecule has 1 aromatic carbocycles. The summed E-state index contributed by atoms with van der Waals surface area (Å²) in [6, 6.07) is 3.88. The van der Waals surface area contributed by atoms with Crippen molar-refractivity contribution in [2.75, 3.05) is 0 Å². The van der Waals surface area contributed by atoms with Gasteiger partial charge in [-0.2, -0.15) is 0 Å². The number of nitrogens with one attached hydrogen (secondary N) is 1. The highest BCUT2D eigenvalue weighted by Gasteiger charge is 2.04. The summed E-state index contributed by atoms with van der Waals surface area (Å²) in [7, 11) is 0. The second-order valence-corrected chi connectivity index (χ2v) is 5.25. The summed E-state index contributed by atoms with van der Waals surface area (Å²) in [5.41, 5.74) is 1.82. The summed E-state index contributed by atoms with van der Waals surface area (Å²) in [6.45, 7) is 0.0257. The molecule has 0 atom stereocenters. The van der Waals surface area contributed by atoms with Crippen molar-refractivity contribution in [1.29, 1.82) is 0 Å². The Morgan fingerprint density at radius 2 is 2.31 bits per heavy atom. The van der Waals surface area contributed by atoms with E-state index < -0.39 is 0 Å². The maximum Gasteiger partial charge on any atom is 0.159 e. The van der Waals surface area contributed by atoms with Crippen LogP contribution in [0.2, 0.25) is 0 Å². The molecule has 0 aliphatic carbocycles. The third kappa shape index (κ3) is 1.69. The molecule has 0 saturated heterocycles. The molecule has 2 N–H and O–H groups in total. The molecule has 0 bridgehead atoms. The van der Waals surface area contributed by atoms with Crippen LogP contribution in [-0.2, 0) is 6.61 Å². The van der Waals surface area contributed by atoms with Crippen molar-refractivity contribution in [3.8, 4) is 0 Å². The fourth-order valence-electron chi connectivity index (χ4n) is 1.21. The van der Waals surface area contributed by atoms with Gasteiger partial charge in [0.15, 0.2) is 3.95 Å². The molecule has 68 valence electrons. The molecule has 0 fully saturated rings. The monoisotopic (exact) mass is 275 g/mol. The largest absolute Gasteiger partial charge is 0.392 e. The van der Waals surface area contributed by atoms with Gasteiger partial charge in [0.25, 0.3) is 0 Å². The number of thiazole rings is 1. The van der Waals surface area contributed by atoms with E-state index >= 15 is 0 Å². The predicted molar refractivity (Wildman–Crippen MR) is 60.6 cm³/mol. The Morgan fingerprint density at radius 1 is 1.54 bits per heavy atom. The lowest BCUT2D eigenvalue weighted by atomic mass is 10.2. The average molecular weight is 276 g/mol. The third-order valence-electron chi connectivity index (χ3n) is 1.75. The van der Waals surface area contributed by atoms with Gasteiger partial charge in [-0.3, -0.25) is 0 Å². The minimum Gasteiger partial charge on any atom is -0.392 e. The molecule has 0 saturated carbocycles. The van der Waals surface area contributed by atoms with Gasteiger partial charge < -0.3 is 10.1 Å². The first kappa shape index (κ1) is 9.33. The quantitative estimate of drug-likeness (QED) is 0.784. The van der Waals surface area contributed by atoms with Gasteiger partial charge in [0.1, 0.15) is 0 Å². The van der Waals surface area contributed by atoms with Crippen LogP contribution in [0.4, 0.5) is 0 Å². The van der Waals surface area contributed by atoms with Gasteiger partial charge in [-0.15, -0.1) is 11.3 Å². The maximum absolute atomic E-state index is 9.10. The molecular formula is C8H6BrNOS2. The first-order valence-electron chi connectivity index (χ1n) is 3.63. The number of aromatic amines is 1. The highest BCUT2D eigenvalue weighted by atomic mass is 79.9. The molecule has 2 nitrogen and oxygen atoms in total. The van der Waals surface area contributed by atoms with E-state index in [1.54, 1.807) is 0 Å². The Labute approximate surface area is 92.4 Å². The lowest BCUT2D eigenvalue weighted by Gasteiger charge is -1.98. The van der Waals surface area contributed by atoms with Gasteiger partial charge in [0.05, 0.1) is 16.8 Å². The average Bonchev–Trinajstić information content (AvgIpc) is 2.43. The van der Waals surface area contributed by atoms with E-state index in [-0.39, 0.29) is 6.61 Å². The number of rotatable bonds is 1. The summed E-state index contributed by atoms with van der Waals surface area (Å²) in [5.74, 6) is 0. The number of H-pyrrole nitrogens is 1. The summed E-state index contributed by atoms with van der Waals surface area (Å²) >= 11 is 9.92. The molecule has 0 unspecified atom stereocenters. The molecule has 0 radical (unpaired) electrons. The predicted octanol–water partition coefficient (Wildman–Crippen LogP) is 3.21. The second kappa shape index (κ2) is 3.49. The Hall–Kier alpha value is -0.230. The Bertz CT molecular complexity index is 502. The molecule has 1 aromatic heterocycles. The first-order chi connectivity index (χ1) is 6.20. The molecule has 0 aliphatic heterocycles. The van der Waals surface area contributed by atoms with Crippen LogP contribution in [0.1, 0.15) is 5.56 Å². The van der Waals surface area contributed by atoms with E-state index in [2.05, 4.69) is 20.9 Å². The molecule has 0 spiro atoms. The standard InChI is InChI=1S/C8H6BrNOS2/c9-5-1-4(3-11)7-6(2-5)13-8(12)10-7/h1-2,11H,3H2,(H,10,12). The molecule has 2 rings (SSSR count). The van der Waals surface area contributed by atoms with Crippen molar-refractivity contribution < 1.29 is 5.11 Å². The molecule has 5 heteroatoms. The highest BCUT2D eigenvalue weighted by molar-refractivity contribution is 9.10. The van der Waals surface area contributed by atoms with Crippen molar-refractivity contribution in [2.45, 2.75) is 6.61 Å². The third-order valence-corrected chi connectivity index (χ3v) is 3.39. The normalized spacial score (nSPS) is 10.9. The molecule has 13 heavy (non-hydrogen) atoms. The summed E-state index contributed by atoms with van der Waals surface area (Å²) < 4.78 is 2.78. The number of halogens is 1. The molecule has 2 aromatic rings. The molecular weight excluding hydrogens is 270 g/mol. The SMILES string of the molecule is OCc1cc(Br)cc2sc(=S)[nH]c12. The van der Waals surface area contributed by atoms with Crippen molar-refractivity contribution in [2.24, 2.45) is 0 Å². The van der Waals surface area contributed by atoms with Gasteiger partial charge in [0.2, 0.25) is 0 Å². The summed E-state index contributed by atoms with van der Waals surface area (Å²) in [4.78, 5) is 3.06. The van der Waals surface area contributed by atoms with Gasteiger partial charge in [-0.1, -0.05) is 15.9 Å². The number of benzene rings is 1. The van der Waals surface area contributed by atoms with E-state index in [1.807, 2.05) is 12.1 Å². The summed E-state index contributed by atoms with van der Waals surface area (Å²) in [6.07, 6.45) is 0. The highest BCUT2D eigenvalue weighted by Crippen LogP contribution is 2.27. The number of aromatic nitrogens is 1. The number of aliphatic hydroxyl groups excluding tert-OH is 1. The van der Waals surface area contributed by atoms with Crippen LogP contribution in [0.15, 0.2) is 16.6 Å². The number of fused-ring (bicyclic) bond motifs is 1. The van der Waals surface area contributed by atoms with E-state index in [9.17, 15) is 0 Å². The number of aliphatic hydroxyl groups is 1. The molecule has 0 amide bonds. The maximum atomic E-state index is 9.10. The van der Waals surface area contributed by atoms with Gasteiger partial charge in [-0.05, 0) is 24.4 Å². The first-order valence-corrected chi connectivity index (χ1v) is 5.64. The Balaban J connectivity index is 2.88. The number of hydrogen-bond acceptors (Lipinski definition) is 3. The lowest BCUT2D eigenvalue weighted by Crippen LogP contribution is -1.84. The summed E-state index contributed by atoms with van der Waals surface area (Å²) in [5, 5.41) is 9.10. The number of hydrogen-bond donors (Lipinski definition) is 2. The second-order valence-electron chi connectivity index (χ2n) is 2.61. The zero-order valence-electron chi connectivity index (χ0n) is 6.50. The smallest absolute Gasteiger partial charge is 0.159 e. The van der Waals surface area contributed by atoms with Crippen LogP contribution in [0.5, 0.6) is 0 Å². The van der Waals surface area contributed by atoms with E-state index in [1.165, 1.54) is 11.3 Å². The Morgan fingerprint density at radius 3 is 3.00 bits per heavy atom. The minimum atomic E-state index is 0.0257. The van der Waals surface area contributed by atoms with Crippen LogP contribution in [0.25, 0.3) is 10.2 Å². The van der Waals surface area contributed by atoms with E-state index in [0.29, 0.717) is 0 Å². The fraction of sp³-hybridized carbons (Fsp3) is 0.125. The van der Waals surface area contributed by atoms with Crippen LogP contribution in [0.3, 0.4) is 0 Å². The minimum absolute atomic E-state index is 0.0257. The molecule has 0 aliphatic rings. The van der Waals surface area contributed by atoms with E-state index in [0.717, 1.165) is 24.2 Å². The lowest BCUT2D eigenvalue weighted by molar-refractivity contribution is 0.283. The van der Waals surface area contributed by atoms with Crippen LogP contribution < -0.4 is 0 Å². The van der Waals surface area contributed by atoms with Crippen molar-refractivity contribution >= 4 is 49.7 Å². The zero-order valence-corrected chi connectivity index (χ0v) is 9.72. The van der Waals surface area contributed by atoms with Gasteiger partial charge >= 0.3 is 0 Å². The van der Waals surface area contributed by atoms with Gasteiger partial charge in [0, 0.05) is 10.0 Å². The fourth-order valence-corrected chi connectivity index (χ4v) is 3.06. The van der Waals surface area contributed by atoms with Crippen molar-refractivity contribution in [3.05, 3.63) is 26.1 Å². The van der Waals surface area contributed by atoms with Crippen LogP contribution >= 0.6 is 39.5 Å². The van der Waals surface area contributed by atoms with Crippen LogP contribution in [0, 0.1) is 3.95 Å². The molecule has 1 heterocycles. The van der Waals surface area contributed by atoms with Crippen LogP contribution in [-0.4, -0.2) is 10.1 Å². The zero-order chi connectivity index (χ0) is 9.42. The van der Waals surface area contributed by atoms with E-state index in [4.69, 9.17) is 17.3 Å². The van der Waals surface area contributed by atoms with Gasteiger partial charge in [-0.25, -0.2) is 0 Å². The van der Waals surface area contributed by atoms with Crippen molar-refractivity contribution in [1.82, 2.24) is 4.98 Å². The Kier molecular flexibility index (Phi) is 2.51. The van der Waals surface area contributed by atoms with Crippen molar-refractivity contribution in [3.63, 3.8) is 0 Å².